The molecular formula is C13H18N2O3. The second-order valence-electron chi connectivity index (χ2n) is 4.40. The van der Waals surface area contributed by atoms with Gasteiger partial charge in [0.2, 0.25) is 5.91 Å². The summed E-state index contributed by atoms with van der Waals surface area (Å²) in [5.74, 6) is -1.36. The highest BCUT2D eigenvalue weighted by molar-refractivity contribution is 5.95. The van der Waals surface area contributed by atoms with Gasteiger partial charge in [-0.05, 0) is 31.2 Å². The first-order valence-electron chi connectivity index (χ1n) is 5.71. The van der Waals surface area contributed by atoms with Crippen LogP contribution in [0.4, 0.5) is 5.69 Å². The number of carbonyl (C=O) groups excluding carboxylic acids is 1. The largest absolute Gasteiger partial charge is 0.478 e. The summed E-state index contributed by atoms with van der Waals surface area (Å²) in [6, 6.07) is 5.93. The van der Waals surface area contributed by atoms with Crippen LogP contribution in [0.5, 0.6) is 0 Å². The molecule has 0 fully saturated rings. The number of carboxylic acid groups (broad SMARTS) is 1. The van der Waals surface area contributed by atoms with Crippen molar-refractivity contribution in [3.63, 3.8) is 0 Å². The van der Waals surface area contributed by atoms with E-state index in [0.29, 0.717) is 5.69 Å². The highest BCUT2D eigenvalue weighted by Gasteiger charge is 2.21. The van der Waals surface area contributed by atoms with Crippen LogP contribution in [-0.4, -0.2) is 30.1 Å². The normalized spacial score (nSPS) is 13.8. The van der Waals surface area contributed by atoms with Crippen LogP contribution in [0.1, 0.15) is 24.2 Å². The maximum atomic E-state index is 12.0. The molecule has 0 aliphatic carbocycles. The second kappa shape index (κ2) is 5.64. The summed E-state index contributed by atoms with van der Waals surface area (Å²) in [7, 11) is 1.65. The number of nitrogens with two attached hydrogens (primary N) is 1. The number of anilines is 1. The zero-order valence-corrected chi connectivity index (χ0v) is 10.8. The molecule has 3 N–H and O–H groups in total. The molecule has 5 heteroatoms. The predicted octanol–water partition coefficient (Wildman–Crippen LogP) is 1.33. The lowest BCUT2D eigenvalue weighted by molar-refractivity contribution is -0.122. The van der Waals surface area contributed by atoms with Crippen molar-refractivity contribution in [2.75, 3.05) is 11.9 Å². The van der Waals surface area contributed by atoms with Gasteiger partial charge in [0.05, 0.1) is 11.5 Å². The molecule has 0 radical (unpaired) electrons. The zero-order chi connectivity index (χ0) is 13.9. The fourth-order valence-corrected chi connectivity index (χ4v) is 1.49. The molecule has 1 amide bonds. The number of benzene rings is 1. The minimum atomic E-state index is -0.987. The lowest BCUT2D eigenvalue weighted by atomic mass is 10.0. The molecule has 0 bridgehead atoms. The van der Waals surface area contributed by atoms with Gasteiger partial charge in [0.25, 0.3) is 0 Å². The van der Waals surface area contributed by atoms with E-state index in [0.717, 1.165) is 0 Å². The fraction of sp³-hybridized carbons (Fsp3) is 0.385. The zero-order valence-electron chi connectivity index (χ0n) is 10.8. The minimum Gasteiger partial charge on any atom is -0.478 e. The van der Waals surface area contributed by atoms with E-state index in [9.17, 15) is 9.59 Å². The van der Waals surface area contributed by atoms with Crippen LogP contribution in [-0.2, 0) is 4.79 Å². The molecule has 1 rings (SSSR count). The first kappa shape index (κ1) is 14.2. The number of aromatic carboxylic acids is 1. The molecule has 2 atom stereocenters. The van der Waals surface area contributed by atoms with E-state index in [4.69, 9.17) is 10.8 Å². The van der Waals surface area contributed by atoms with Gasteiger partial charge in [-0.2, -0.15) is 0 Å². The SMILES string of the molecule is CC(N)C(C)C(=O)N(C)c1ccc(C(=O)O)cc1. The van der Waals surface area contributed by atoms with Crippen LogP contribution in [0.3, 0.4) is 0 Å². The number of carbonyl (C=O) groups is 2. The van der Waals surface area contributed by atoms with Crippen molar-refractivity contribution in [1.29, 1.82) is 0 Å². The molecule has 0 aliphatic heterocycles. The number of hydrogen-bond acceptors (Lipinski definition) is 3. The third kappa shape index (κ3) is 3.07. The number of rotatable bonds is 4. The fourth-order valence-electron chi connectivity index (χ4n) is 1.49. The van der Waals surface area contributed by atoms with Crippen LogP contribution in [0.2, 0.25) is 0 Å². The van der Waals surface area contributed by atoms with E-state index >= 15 is 0 Å². The highest BCUT2D eigenvalue weighted by Crippen LogP contribution is 2.17. The van der Waals surface area contributed by atoms with E-state index in [1.165, 1.54) is 17.0 Å². The molecule has 5 nitrogen and oxygen atoms in total. The van der Waals surface area contributed by atoms with Gasteiger partial charge in [-0.3, -0.25) is 4.79 Å². The summed E-state index contributed by atoms with van der Waals surface area (Å²) in [5.41, 5.74) is 6.54. The van der Waals surface area contributed by atoms with E-state index in [1.54, 1.807) is 33.0 Å². The average Bonchev–Trinajstić information content (AvgIpc) is 2.36. The Labute approximate surface area is 106 Å². The van der Waals surface area contributed by atoms with Crippen molar-refractivity contribution in [3.8, 4) is 0 Å². The van der Waals surface area contributed by atoms with Gasteiger partial charge in [-0.15, -0.1) is 0 Å². The summed E-state index contributed by atoms with van der Waals surface area (Å²) >= 11 is 0. The monoisotopic (exact) mass is 250 g/mol. The molecule has 98 valence electrons. The maximum Gasteiger partial charge on any atom is 0.335 e. The quantitative estimate of drug-likeness (QED) is 0.844. The Balaban J connectivity index is 2.87. The van der Waals surface area contributed by atoms with Crippen LogP contribution in [0.15, 0.2) is 24.3 Å². The van der Waals surface area contributed by atoms with Crippen molar-refractivity contribution in [2.45, 2.75) is 19.9 Å². The van der Waals surface area contributed by atoms with Gasteiger partial charge < -0.3 is 15.7 Å². The Morgan fingerprint density at radius 3 is 2.11 bits per heavy atom. The van der Waals surface area contributed by atoms with Crippen molar-refractivity contribution >= 4 is 17.6 Å². The van der Waals surface area contributed by atoms with Crippen LogP contribution >= 0.6 is 0 Å². The second-order valence-corrected chi connectivity index (χ2v) is 4.40. The molecule has 0 saturated heterocycles. The lowest BCUT2D eigenvalue weighted by Crippen LogP contribution is -2.39. The van der Waals surface area contributed by atoms with Gasteiger partial charge in [-0.25, -0.2) is 4.79 Å². The Morgan fingerprint density at radius 2 is 1.72 bits per heavy atom. The Hall–Kier alpha value is -1.88. The van der Waals surface area contributed by atoms with Gasteiger partial charge in [0, 0.05) is 18.8 Å². The van der Waals surface area contributed by atoms with Crippen LogP contribution in [0, 0.1) is 5.92 Å². The Morgan fingerprint density at radius 1 is 1.22 bits per heavy atom. The molecule has 0 heterocycles. The number of nitrogens with zero attached hydrogens (tertiary/aromatic N) is 1. The van der Waals surface area contributed by atoms with Gasteiger partial charge in [-0.1, -0.05) is 6.92 Å². The number of amides is 1. The minimum absolute atomic E-state index is 0.0897. The molecule has 1 aromatic carbocycles. The predicted molar refractivity (Wildman–Crippen MR) is 69.6 cm³/mol. The molecule has 0 aromatic heterocycles. The number of carboxylic acids is 1. The molecule has 2 unspecified atom stereocenters. The van der Waals surface area contributed by atoms with Gasteiger partial charge >= 0.3 is 5.97 Å². The summed E-state index contributed by atoms with van der Waals surface area (Å²) in [6.45, 7) is 3.55. The highest BCUT2D eigenvalue weighted by atomic mass is 16.4. The van der Waals surface area contributed by atoms with E-state index in [1.807, 2.05) is 0 Å². The first-order chi connectivity index (χ1) is 8.34. The third-order valence-corrected chi connectivity index (χ3v) is 3.01. The van der Waals surface area contributed by atoms with Gasteiger partial charge in [0.1, 0.15) is 0 Å². The molecule has 0 saturated carbocycles. The van der Waals surface area contributed by atoms with Crippen LogP contribution in [0.25, 0.3) is 0 Å². The standard InChI is InChI=1S/C13H18N2O3/c1-8(9(2)14)12(16)15(3)11-6-4-10(5-7-11)13(17)18/h4-9H,14H2,1-3H3,(H,17,18). The molecule has 0 aliphatic rings. The van der Waals surface area contributed by atoms with E-state index in [2.05, 4.69) is 0 Å². The van der Waals surface area contributed by atoms with Crippen molar-refractivity contribution in [1.82, 2.24) is 0 Å². The summed E-state index contributed by atoms with van der Waals surface area (Å²) < 4.78 is 0. The summed E-state index contributed by atoms with van der Waals surface area (Å²) in [4.78, 5) is 24.2. The average molecular weight is 250 g/mol. The first-order valence-corrected chi connectivity index (χ1v) is 5.71. The summed E-state index contributed by atoms with van der Waals surface area (Å²) in [5, 5.41) is 8.79. The van der Waals surface area contributed by atoms with E-state index < -0.39 is 5.97 Å². The number of hydrogen-bond donors (Lipinski definition) is 2. The Kier molecular flexibility index (Phi) is 4.44. The lowest BCUT2D eigenvalue weighted by Gasteiger charge is -2.23. The third-order valence-electron chi connectivity index (χ3n) is 3.01. The van der Waals surface area contributed by atoms with Crippen molar-refractivity contribution < 1.29 is 14.7 Å². The Bertz CT molecular complexity index is 440. The molecule has 18 heavy (non-hydrogen) atoms. The topological polar surface area (TPSA) is 83.6 Å². The molecule has 1 aromatic rings. The van der Waals surface area contributed by atoms with Gasteiger partial charge in [0.15, 0.2) is 0 Å². The summed E-state index contributed by atoms with van der Waals surface area (Å²) in [6.07, 6.45) is 0. The van der Waals surface area contributed by atoms with E-state index in [-0.39, 0.29) is 23.4 Å². The maximum absolute atomic E-state index is 12.0. The smallest absolute Gasteiger partial charge is 0.335 e. The van der Waals surface area contributed by atoms with Crippen LogP contribution < -0.4 is 10.6 Å². The van der Waals surface area contributed by atoms with Crippen molar-refractivity contribution in [2.24, 2.45) is 11.7 Å². The van der Waals surface area contributed by atoms with Crippen molar-refractivity contribution in [3.05, 3.63) is 29.8 Å². The molecule has 0 spiro atoms. The molecular weight excluding hydrogens is 232 g/mol.